The predicted molar refractivity (Wildman–Crippen MR) is 179 cm³/mol. The molecule has 2 aliphatic rings. The summed E-state index contributed by atoms with van der Waals surface area (Å²) in [6.07, 6.45) is 3.36. The van der Waals surface area contributed by atoms with Gasteiger partial charge in [0, 0.05) is 62.3 Å². The van der Waals surface area contributed by atoms with Crippen molar-refractivity contribution in [2.45, 2.75) is 45.8 Å². The highest BCUT2D eigenvalue weighted by atomic mass is 19.2. The summed E-state index contributed by atoms with van der Waals surface area (Å²) in [5, 5.41) is 9.92. The summed E-state index contributed by atoms with van der Waals surface area (Å²) >= 11 is 0. The third-order valence-corrected chi connectivity index (χ3v) is 9.49. The number of nitrogens with one attached hydrogen (secondary N) is 1. The number of carboxylic acids is 1. The maximum Gasteiger partial charge on any atom is 0.414 e. The van der Waals surface area contributed by atoms with Crippen LogP contribution in [0.5, 0.6) is 0 Å². The number of amides is 1. The van der Waals surface area contributed by atoms with Gasteiger partial charge in [-0.15, -0.1) is 0 Å². The molecule has 7 rings (SSSR count). The molecule has 1 amide bonds. The van der Waals surface area contributed by atoms with Gasteiger partial charge in [0.05, 0.1) is 33.2 Å². The highest BCUT2D eigenvalue weighted by molar-refractivity contribution is 6.19. The Morgan fingerprint density at radius 3 is 2.60 bits per heavy atom. The zero-order valence-electron chi connectivity index (χ0n) is 27.5. The minimum absolute atomic E-state index is 0.0580. The van der Waals surface area contributed by atoms with Crippen LogP contribution in [0.15, 0.2) is 41.5 Å². The van der Waals surface area contributed by atoms with E-state index in [0.717, 1.165) is 30.5 Å². The molecule has 4 aromatic heterocycles. The van der Waals surface area contributed by atoms with Crippen LogP contribution in [0, 0.1) is 24.5 Å². The van der Waals surface area contributed by atoms with Crippen LogP contribution in [0.1, 0.15) is 43.1 Å². The smallest absolute Gasteiger partial charge is 0.414 e. The number of H-pyrrole nitrogens is 1. The Kier molecular flexibility index (Phi) is 7.24. The second-order valence-electron chi connectivity index (χ2n) is 13.9. The first kappa shape index (κ1) is 31.6. The lowest BCUT2D eigenvalue weighted by molar-refractivity contribution is 0.0588. The Labute approximate surface area is 274 Å². The normalized spacial score (nSPS) is 18.3. The van der Waals surface area contributed by atoms with E-state index >= 15 is 8.78 Å². The third kappa shape index (κ3) is 4.95. The summed E-state index contributed by atoms with van der Waals surface area (Å²) in [6, 6.07) is 5.80. The second kappa shape index (κ2) is 11.0. The highest BCUT2D eigenvalue weighted by Gasteiger charge is 2.42. The molecule has 2 atom stereocenters. The first-order valence-electron chi connectivity index (χ1n) is 15.8. The molecule has 250 valence electrons. The number of rotatable bonds is 4. The number of anilines is 2. The Morgan fingerprint density at radius 1 is 1.15 bits per heavy atom. The van der Waals surface area contributed by atoms with Crippen LogP contribution < -0.4 is 15.4 Å². The predicted octanol–water partition coefficient (Wildman–Crippen LogP) is 5.79. The Hall–Kier alpha value is -5.04. The number of carbonyl (C=O) groups excluding carboxylic acids is 1. The molecule has 1 unspecified atom stereocenters. The number of likely N-dealkylation sites (N-methyl/N-ethyl adjacent to an activating group) is 1. The lowest BCUT2D eigenvalue weighted by Gasteiger charge is -2.29. The molecule has 2 aliphatic heterocycles. The molecule has 0 spiro atoms. The average Bonchev–Trinajstić information content (AvgIpc) is 3.69. The summed E-state index contributed by atoms with van der Waals surface area (Å²) in [5.74, 6) is -3.21. The van der Waals surface area contributed by atoms with E-state index in [0.29, 0.717) is 51.4 Å². The van der Waals surface area contributed by atoms with Crippen LogP contribution in [0.4, 0.5) is 25.0 Å². The van der Waals surface area contributed by atoms with Crippen LogP contribution in [-0.4, -0.2) is 81.8 Å². The number of hydrogen-bond donors (Lipinski definition) is 2. The number of aromatic carboxylic acids is 1. The molecule has 11 nitrogen and oxygen atoms in total. The fourth-order valence-electron chi connectivity index (χ4n) is 7.37. The van der Waals surface area contributed by atoms with Crippen molar-refractivity contribution in [3.63, 3.8) is 0 Å². The summed E-state index contributed by atoms with van der Waals surface area (Å²) in [7, 11) is 3.49. The van der Waals surface area contributed by atoms with Gasteiger partial charge in [-0.05, 0) is 70.8 Å². The van der Waals surface area contributed by atoms with Crippen LogP contribution in [-0.2, 0) is 4.74 Å². The minimum atomic E-state index is -1.34. The molecule has 0 saturated carbocycles. The number of hydrogen-bond acceptors (Lipinski definition) is 7. The summed E-state index contributed by atoms with van der Waals surface area (Å²) < 4.78 is 38.6. The number of carboxylic acid groups (broad SMARTS) is 1. The van der Waals surface area contributed by atoms with Crippen molar-refractivity contribution in [3.05, 3.63) is 69.8 Å². The number of likely N-dealkylation sites (tertiary alicyclic amines) is 1. The topological polar surface area (TPSA) is 123 Å². The van der Waals surface area contributed by atoms with Gasteiger partial charge in [0.15, 0.2) is 11.6 Å². The first-order valence-corrected chi connectivity index (χ1v) is 15.8. The Bertz CT molecular complexity index is 2240. The average molecular weight is 659 g/mol. The maximum atomic E-state index is 16.2. The number of aryl methyl sites for hydroxylation is 1. The number of fused-ring (bicyclic) bond motifs is 5. The SMILES string of the molecule is Cc1cc(-c2cnc3[nH]c4c(N(C)C(=O)OC(C)(C)C)cc(F)c(F)c4c3c2N2CCC3CN(C)C[C@H]32)cn2c(=O)c(C(=O)O)ccc12. The van der Waals surface area contributed by atoms with Crippen molar-refractivity contribution in [1.29, 1.82) is 0 Å². The monoisotopic (exact) mass is 658 g/mol. The maximum absolute atomic E-state index is 16.2. The molecule has 6 heterocycles. The van der Waals surface area contributed by atoms with E-state index in [1.165, 1.54) is 17.5 Å². The lowest BCUT2D eigenvalue weighted by atomic mass is 9.99. The van der Waals surface area contributed by atoms with E-state index in [2.05, 4.69) is 26.8 Å². The number of benzene rings is 1. The first-order chi connectivity index (χ1) is 22.6. The van der Waals surface area contributed by atoms with Gasteiger partial charge in [-0.25, -0.2) is 23.4 Å². The summed E-state index contributed by atoms with van der Waals surface area (Å²) in [5.41, 5.74) is 1.68. The minimum Gasteiger partial charge on any atom is -0.477 e. The molecule has 2 saturated heterocycles. The Morgan fingerprint density at radius 2 is 1.90 bits per heavy atom. The van der Waals surface area contributed by atoms with E-state index < -0.39 is 34.9 Å². The molecule has 0 bridgehead atoms. The molecular weight excluding hydrogens is 622 g/mol. The van der Waals surface area contributed by atoms with Gasteiger partial charge in [0.25, 0.3) is 5.56 Å². The van der Waals surface area contributed by atoms with E-state index in [4.69, 9.17) is 4.74 Å². The number of carbonyl (C=O) groups is 2. The molecule has 1 aromatic carbocycles. The van der Waals surface area contributed by atoms with Gasteiger partial charge in [-0.2, -0.15) is 0 Å². The van der Waals surface area contributed by atoms with Gasteiger partial charge in [0.1, 0.15) is 16.8 Å². The van der Waals surface area contributed by atoms with Gasteiger partial charge >= 0.3 is 12.1 Å². The molecule has 48 heavy (non-hydrogen) atoms. The van der Waals surface area contributed by atoms with Crippen LogP contribution in [0.25, 0.3) is 38.6 Å². The molecule has 13 heteroatoms. The van der Waals surface area contributed by atoms with Crippen molar-refractivity contribution >= 4 is 50.9 Å². The van der Waals surface area contributed by atoms with Crippen molar-refractivity contribution < 1.29 is 28.2 Å². The van der Waals surface area contributed by atoms with Crippen LogP contribution >= 0.6 is 0 Å². The van der Waals surface area contributed by atoms with Gasteiger partial charge in [0.2, 0.25) is 0 Å². The van der Waals surface area contributed by atoms with Crippen molar-refractivity contribution in [3.8, 4) is 11.1 Å². The molecule has 5 aromatic rings. The largest absolute Gasteiger partial charge is 0.477 e. The van der Waals surface area contributed by atoms with Crippen molar-refractivity contribution in [2.24, 2.45) is 5.92 Å². The van der Waals surface area contributed by atoms with Gasteiger partial charge in [-0.3, -0.25) is 14.1 Å². The van der Waals surface area contributed by atoms with E-state index in [1.54, 1.807) is 39.2 Å². The number of halogens is 2. The molecule has 2 N–H and O–H groups in total. The molecule has 2 fully saturated rings. The number of aromatic amines is 1. The Balaban J connectivity index is 1.54. The fraction of sp³-hybridized carbons (Fsp3) is 0.371. The molecule has 0 aliphatic carbocycles. The van der Waals surface area contributed by atoms with Crippen LogP contribution in [0.3, 0.4) is 0 Å². The zero-order valence-corrected chi connectivity index (χ0v) is 27.5. The quantitative estimate of drug-likeness (QED) is 0.249. The lowest BCUT2D eigenvalue weighted by Crippen LogP contribution is -2.35. The third-order valence-electron chi connectivity index (χ3n) is 9.49. The van der Waals surface area contributed by atoms with Crippen molar-refractivity contribution in [1.82, 2.24) is 19.3 Å². The van der Waals surface area contributed by atoms with Crippen LogP contribution in [0.2, 0.25) is 0 Å². The number of ether oxygens (including phenoxy) is 1. The second-order valence-corrected chi connectivity index (χ2v) is 13.9. The number of aromatic nitrogens is 3. The van der Waals surface area contributed by atoms with E-state index in [1.807, 2.05) is 13.0 Å². The van der Waals surface area contributed by atoms with Gasteiger partial charge in [-0.1, -0.05) is 0 Å². The number of pyridine rings is 3. The highest BCUT2D eigenvalue weighted by Crippen LogP contribution is 2.47. The van der Waals surface area contributed by atoms with E-state index in [9.17, 15) is 19.5 Å². The molecule has 0 radical (unpaired) electrons. The van der Waals surface area contributed by atoms with Gasteiger partial charge < -0.3 is 24.6 Å². The summed E-state index contributed by atoms with van der Waals surface area (Å²) in [6.45, 7) is 9.28. The fourth-order valence-corrected chi connectivity index (χ4v) is 7.37. The molecular formula is C35H36F2N6O5. The standard InChI is InChI=1S/C35H36F2N6O5/c1-17-11-19(15-43-23(17)8-7-20(32(43)44)33(45)46)21-13-38-31-27(30(21)42-10-9-18-14-40(5)16-25(18)42)26-28(37)22(36)12-24(29(26)39-31)41(6)34(47)48-35(2,3)4/h7-8,11-13,15,18,25H,9-10,14,16H2,1-6H3,(H,38,39)(H,45,46)/t18?,25-/m1/s1. The number of nitrogens with zero attached hydrogens (tertiary/aromatic N) is 5. The van der Waals surface area contributed by atoms with Crippen molar-refractivity contribution in [2.75, 3.05) is 43.5 Å². The summed E-state index contributed by atoms with van der Waals surface area (Å²) in [4.78, 5) is 51.7. The van der Waals surface area contributed by atoms with E-state index in [-0.39, 0.29) is 28.2 Å². The zero-order chi connectivity index (χ0) is 34.4.